The Labute approximate surface area is 172 Å². The van der Waals surface area contributed by atoms with E-state index in [1.807, 2.05) is 16.8 Å². The van der Waals surface area contributed by atoms with Crippen molar-refractivity contribution in [3.8, 4) is 5.88 Å². The number of guanidine groups is 1. The van der Waals surface area contributed by atoms with E-state index in [2.05, 4.69) is 39.5 Å². The largest absolute Gasteiger partial charge is 0.477 e. The first-order valence-electron chi connectivity index (χ1n) is 10.8. The molecular weight excluding hydrogens is 366 g/mol. The Morgan fingerprint density at radius 1 is 1.31 bits per heavy atom. The summed E-state index contributed by atoms with van der Waals surface area (Å²) in [5.41, 5.74) is 1.10. The summed E-state index contributed by atoms with van der Waals surface area (Å²) in [6.45, 7) is 7.17. The second-order valence-corrected chi connectivity index (χ2v) is 7.81. The normalized spacial score (nSPS) is 19.0. The van der Waals surface area contributed by atoms with Crippen molar-refractivity contribution < 1.29 is 4.74 Å². The molecule has 2 N–H and O–H groups in total. The van der Waals surface area contributed by atoms with Gasteiger partial charge in [0.05, 0.1) is 19.7 Å². The molecule has 0 aromatic carbocycles. The standard InChI is InChI=1S/C21H31N7O/c1-3-18-26-19-8-7-17(13-28(19)27-18)25-21(22-4-2)24-12-16-9-10-23-20(11-16)29-14-15-5-6-15/h9-11,15,17H,3-8,12-14H2,1-2H3,(H2,22,24,25). The number of nitrogens with one attached hydrogen (secondary N) is 2. The molecule has 2 aromatic heterocycles. The molecule has 3 heterocycles. The maximum Gasteiger partial charge on any atom is 0.213 e. The molecular formula is C21H31N7O. The number of nitrogens with zero attached hydrogens (tertiary/aromatic N) is 5. The van der Waals surface area contributed by atoms with Crippen LogP contribution in [0.1, 0.15) is 50.3 Å². The number of ether oxygens (including phenoxy) is 1. The molecule has 0 radical (unpaired) electrons. The molecule has 29 heavy (non-hydrogen) atoms. The molecule has 4 rings (SSSR count). The Morgan fingerprint density at radius 2 is 2.21 bits per heavy atom. The van der Waals surface area contributed by atoms with Crippen LogP contribution in [0.3, 0.4) is 0 Å². The van der Waals surface area contributed by atoms with Gasteiger partial charge < -0.3 is 15.4 Å². The molecule has 1 aliphatic carbocycles. The fourth-order valence-corrected chi connectivity index (χ4v) is 3.43. The summed E-state index contributed by atoms with van der Waals surface area (Å²) < 4.78 is 7.82. The average molecular weight is 398 g/mol. The summed E-state index contributed by atoms with van der Waals surface area (Å²) in [6, 6.07) is 4.27. The molecule has 1 atom stereocenters. The minimum absolute atomic E-state index is 0.293. The van der Waals surface area contributed by atoms with Crippen molar-refractivity contribution in [3.05, 3.63) is 35.5 Å². The number of hydrogen-bond acceptors (Lipinski definition) is 5. The van der Waals surface area contributed by atoms with Gasteiger partial charge in [-0.15, -0.1) is 0 Å². The summed E-state index contributed by atoms with van der Waals surface area (Å²) in [7, 11) is 0. The molecule has 1 aliphatic heterocycles. The van der Waals surface area contributed by atoms with Crippen molar-refractivity contribution in [1.29, 1.82) is 0 Å². The highest BCUT2D eigenvalue weighted by Crippen LogP contribution is 2.29. The lowest BCUT2D eigenvalue weighted by Crippen LogP contribution is -2.47. The minimum atomic E-state index is 0.293. The summed E-state index contributed by atoms with van der Waals surface area (Å²) in [6.07, 6.45) is 7.20. The highest BCUT2D eigenvalue weighted by molar-refractivity contribution is 5.80. The zero-order valence-corrected chi connectivity index (χ0v) is 17.4. The number of aliphatic imine (C=N–C) groups is 1. The third kappa shape index (κ3) is 5.46. The molecule has 0 saturated heterocycles. The third-order valence-corrected chi connectivity index (χ3v) is 5.29. The summed E-state index contributed by atoms with van der Waals surface area (Å²) in [5.74, 6) is 4.27. The van der Waals surface area contributed by atoms with Gasteiger partial charge in [-0.2, -0.15) is 5.10 Å². The predicted octanol–water partition coefficient (Wildman–Crippen LogP) is 2.09. The number of aryl methyl sites for hydroxylation is 2. The zero-order valence-electron chi connectivity index (χ0n) is 17.4. The average Bonchev–Trinajstić information content (AvgIpc) is 3.48. The van der Waals surface area contributed by atoms with Gasteiger partial charge in [0.15, 0.2) is 11.8 Å². The summed E-state index contributed by atoms with van der Waals surface area (Å²) in [5, 5.41) is 11.5. The molecule has 156 valence electrons. The molecule has 1 fully saturated rings. The monoisotopic (exact) mass is 397 g/mol. The molecule has 0 bridgehead atoms. The molecule has 0 spiro atoms. The van der Waals surface area contributed by atoms with Crippen LogP contribution < -0.4 is 15.4 Å². The van der Waals surface area contributed by atoms with Crippen molar-refractivity contribution in [3.63, 3.8) is 0 Å². The van der Waals surface area contributed by atoms with Crippen LogP contribution in [0.2, 0.25) is 0 Å². The van der Waals surface area contributed by atoms with Gasteiger partial charge in [0, 0.05) is 37.7 Å². The molecule has 2 aliphatic rings. The molecule has 2 aromatic rings. The maximum atomic E-state index is 5.78. The van der Waals surface area contributed by atoms with Crippen LogP contribution in [0.15, 0.2) is 23.3 Å². The van der Waals surface area contributed by atoms with Crippen LogP contribution in [0.4, 0.5) is 0 Å². The SMILES string of the molecule is CCNC(=NCc1ccnc(OCC2CC2)c1)NC1CCc2nc(CC)nn2C1. The van der Waals surface area contributed by atoms with Crippen LogP contribution in [0.25, 0.3) is 0 Å². The highest BCUT2D eigenvalue weighted by atomic mass is 16.5. The lowest BCUT2D eigenvalue weighted by atomic mass is 10.1. The Balaban J connectivity index is 1.35. The van der Waals surface area contributed by atoms with Gasteiger partial charge in [0.1, 0.15) is 5.82 Å². The smallest absolute Gasteiger partial charge is 0.213 e. The first-order chi connectivity index (χ1) is 14.2. The van der Waals surface area contributed by atoms with Gasteiger partial charge in [-0.1, -0.05) is 6.92 Å². The molecule has 8 heteroatoms. The number of fused-ring (bicyclic) bond motifs is 1. The van der Waals surface area contributed by atoms with Crippen LogP contribution in [-0.4, -0.2) is 44.9 Å². The van der Waals surface area contributed by atoms with E-state index in [9.17, 15) is 0 Å². The van der Waals surface area contributed by atoms with E-state index in [1.165, 1.54) is 12.8 Å². The van der Waals surface area contributed by atoms with E-state index in [4.69, 9.17) is 9.73 Å². The quantitative estimate of drug-likeness (QED) is 0.524. The number of rotatable bonds is 8. The van der Waals surface area contributed by atoms with Crippen LogP contribution in [0.5, 0.6) is 5.88 Å². The van der Waals surface area contributed by atoms with E-state index in [-0.39, 0.29) is 0 Å². The number of hydrogen-bond donors (Lipinski definition) is 2. The highest BCUT2D eigenvalue weighted by Gasteiger charge is 2.23. The Hall–Kier alpha value is -2.64. The molecule has 8 nitrogen and oxygen atoms in total. The van der Waals surface area contributed by atoms with Gasteiger partial charge in [-0.3, -0.25) is 0 Å². The second kappa shape index (κ2) is 9.24. The first-order valence-corrected chi connectivity index (χ1v) is 10.8. The van der Waals surface area contributed by atoms with Gasteiger partial charge in [-0.25, -0.2) is 19.6 Å². The van der Waals surface area contributed by atoms with Gasteiger partial charge in [0.25, 0.3) is 0 Å². The Bertz CT molecular complexity index is 843. The van der Waals surface area contributed by atoms with Gasteiger partial charge >= 0.3 is 0 Å². The molecule has 0 amide bonds. The van der Waals surface area contributed by atoms with Crippen LogP contribution in [-0.2, 0) is 25.9 Å². The van der Waals surface area contributed by atoms with Crippen LogP contribution >= 0.6 is 0 Å². The van der Waals surface area contributed by atoms with E-state index < -0.39 is 0 Å². The topological polar surface area (TPSA) is 89.2 Å². The lowest BCUT2D eigenvalue weighted by Gasteiger charge is -2.25. The first kappa shape index (κ1) is 19.7. The van der Waals surface area contributed by atoms with Crippen molar-refractivity contribution in [2.45, 2.75) is 65.1 Å². The zero-order chi connectivity index (χ0) is 20.1. The number of aromatic nitrogens is 4. The van der Waals surface area contributed by atoms with E-state index >= 15 is 0 Å². The second-order valence-electron chi connectivity index (χ2n) is 7.81. The molecule has 1 unspecified atom stereocenters. The van der Waals surface area contributed by atoms with Crippen molar-refractivity contribution >= 4 is 5.96 Å². The lowest BCUT2D eigenvalue weighted by molar-refractivity contribution is 0.288. The fourth-order valence-electron chi connectivity index (χ4n) is 3.43. The fraction of sp³-hybridized carbons (Fsp3) is 0.619. The van der Waals surface area contributed by atoms with Crippen molar-refractivity contribution in [2.75, 3.05) is 13.2 Å². The maximum absolute atomic E-state index is 5.78. The van der Waals surface area contributed by atoms with E-state index in [0.29, 0.717) is 18.5 Å². The Morgan fingerprint density at radius 3 is 3.00 bits per heavy atom. The van der Waals surface area contributed by atoms with Crippen molar-refractivity contribution in [1.82, 2.24) is 30.4 Å². The molecule has 1 saturated carbocycles. The minimum Gasteiger partial charge on any atom is -0.477 e. The van der Waals surface area contributed by atoms with E-state index in [1.54, 1.807) is 6.20 Å². The van der Waals surface area contributed by atoms with Crippen molar-refractivity contribution in [2.24, 2.45) is 10.9 Å². The van der Waals surface area contributed by atoms with E-state index in [0.717, 1.165) is 68.0 Å². The summed E-state index contributed by atoms with van der Waals surface area (Å²) in [4.78, 5) is 13.7. The third-order valence-electron chi connectivity index (χ3n) is 5.29. The van der Waals surface area contributed by atoms with Crippen LogP contribution in [0, 0.1) is 5.92 Å². The summed E-state index contributed by atoms with van der Waals surface area (Å²) >= 11 is 0. The Kier molecular flexibility index (Phi) is 6.27. The number of pyridine rings is 1. The van der Waals surface area contributed by atoms with Gasteiger partial charge in [-0.05, 0) is 43.7 Å². The van der Waals surface area contributed by atoms with Gasteiger partial charge in [0.2, 0.25) is 5.88 Å². The predicted molar refractivity (Wildman–Crippen MR) is 112 cm³/mol.